The van der Waals surface area contributed by atoms with Gasteiger partial charge in [-0.2, -0.15) is 11.8 Å². The number of thioether (sulfide) groups is 1. The zero-order valence-electron chi connectivity index (χ0n) is 12.1. The highest BCUT2D eigenvalue weighted by atomic mass is 32.2. The molecule has 0 radical (unpaired) electrons. The molecular weight excluding hydrogens is 300 g/mol. The average molecular weight is 322 g/mol. The number of thiophene rings is 1. The van der Waals surface area contributed by atoms with Crippen molar-refractivity contribution < 1.29 is 5.11 Å². The fourth-order valence-electron chi connectivity index (χ4n) is 2.69. The summed E-state index contributed by atoms with van der Waals surface area (Å²) in [5.74, 6) is 2.15. The quantitative estimate of drug-likeness (QED) is 0.858. The molecular formula is C16H22N2OS2. The minimum absolute atomic E-state index is 0.504. The summed E-state index contributed by atoms with van der Waals surface area (Å²) in [6, 6.07) is 8.51. The Morgan fingerprint density at radius 3 is 2.86 bits per heavy atom. The first kappa shape index (κ1) is 15.2. The van der Waals surface area contributed by atoms with Crippen molar-refractivity contribution in [2.24, 2.45) is 0 Å². The van der Waals surface area contributed by atoms with Crippen LogP contribution in [-0.2, 0) is 13.1 Å². The predicted molar refractivity (Wildman–Crippen MR) is 91.1 cm³/mol. The van der Waals surface area contributed by atoms with E-state index in [0.29, 0.717) is 6.54 Å². The lowest BCUT2D eigenvalue weighted by Gasteiger charge is -2.32. The molecule has 0 aliphatic carbocycles. The molecule has 2 aromatic heterocycles. The van der Waals surface area contributed by atoms with E-state index in [0.717, 1.165) is 37.4 Å². The molecule has 0 spiro atoms. The average Bonchev–Trinajstić information content (AvgIpc) is 3.13. The SMILES string of the molecule is OC1(CNCc2cccn2Cc2cccs2)CCSCC1. The standard InChI is InChI=1S/C16H22N2OS2/c19-16(5-9-20-10-6-16)13-17-11-14-3-1-7-18(14)12-15-4-2-8-21-15/h1-4,7-8,17,19H,5-6,9-13H2. The topological polar surface area (TPSA) is 37.2 Å². The van der Waals surface area contributed by atoms with Crippen molar-refractivity contribution in [3.63, 3.8) is 0 Å². The Balaban J connectivity index is 1.52. The molecule has 5 heteroatoms. The van der Waals surface area contributed by atoms with E-state index < -0.39 is 5.60 Å². The Bertz CT molecular complexity index is 544. The second-order valence-corrected chi connectivity index (χ2v) is 7.90. The van der Waals surface area contributed by atoms with Gasteiger partial charge in [-0.25, -0.2) is 0 Å². The van der Waals surface area contributed by atoms with Crippen molar-refractivity contribution in [3.8, 4) is 0 Å². The molecule has 3 rings (SSSR count). The number of nitrogens with one attached hydrogen (secondary N) is 1. The predicted octanol–water partition coefficient (Wildman–Crippen LogP) is 2.95. The van der Waals surface area contributed by atoms with Crippen molar-refractivity contribution >= 4 is 23.1 Å². The van der Waals surface area contributed by atoms with Gasteiger partial charge in [0.2, 0.25) is 0 Å². The maximum Gasteiger partial charge on any atom is 0.0787 e. The van der Waals surface area contributed by atoms with Crippen LogP contribution in [0.2, 0.25) is 0 Å². The molecule has 2 aromatic rings. The van der Waals surface area contributed by atoms with Crippen LogP contribution < -0.4 is 5.32 Å². The molecule has 0 amide bonds. The van der Waals surface area contributed by atoms with Crippen LogP contribution in [0.25, 0.3) is 0 Å². The second-order valence-electron chi connectivity index (χ2n) is 5.65. The first-order chi connectivity index (χ1) is 10.3. The van der Waals surface area contributed by atoms with Crippen LogP contribution in [0.1, 0.15) is 23.4 Å². The molecule has 3 heterocycles. The summed E-state index contributed by atoms with van der Waals surface area (Å²) in [5.41, 5.74) is 0.772. The van der Waals surface area contributed by atoms with Gasteiger partial charge in [0.05, 0.1) is 12.1 Å². The lowest BCUT2D eigenvalue weighted by atomic mass is 9.97. The Morgan fingerprint density at radius 2 is 2.10 bits per heavy atom. The van der Waals surface area contributed by atoms with Crippen molar-refractivity contribution in [2.75, 3.05) is 18.1 Å². The molecule has 114 valence electrons. The normalized spacial score (nSPS) is 18.0. The number of hydrogen-bond donors (Lipinski definition) is 2. The van der Waals surface area contributed by atoms with E-state index in [4.69, 9.17) is 0 Å². The van der Waals surface area contributed by atoms with Gasteiger partial charge in [-0.3, -0.25) is 0 Å². The van der Waals surface area contributed by atoms with Gasteiger partial charge in [-0.1, -0.05) is 6.07 Å². The zero-order chi connectivity index (χ0) is 14.5. The van der Waals surface area contributed by atoms with Gasteiger partial charge in [-0.05, 0) is 47.9 Å². The molecule has 0 saturated carbocycles. The number of nitrogens with zero attached hydrogens (tertiary/aromatic N) is 1. The van der Waals surface area contributed by atoms with Crippen molar-refractivity contribution in [3.05, 3.63) is 46.4 Å². The Labute approximate surface area is 134 Å². The third-order valence-corrected chi connectivity index (χ3v) is 5.86. The van der Waals surface area contributed by atoms with Gasteiger partial charge >= 0.3 is 0 Å². The number of aromatic nitrogens is 1. The van der Waals surface area contributed by atoms with Crippen molar-refractivity contribution in [1.82, 2.24) is 9.88 Å². The third kappa shape index (κ3) is 4.13. The van der Waals surface area contributed by atoms with Gasteiger partial charge in [0.1, 0.15) is 0 Å². The van der Waals surface area contributed by atoms with E-state index >= 15 is 0 Å². The summed E-state index contributed by atoms with van der Waals surface area (Å²) < 4.78 is 2.28. The van der Waals surface area contributed by atoms with Crippen LogP contribution in [0.5, 0.6) is 0 Å². The molecule has 2 N–H and O–H groups in total. The summed E-state index contributed by atoms with van der Waals surface area (Å²) in [6.07, 6.45) is 3.93. The molecule has 1 aliphatic rings. The number of hydrogen-bond acceptors (Lipinski definition) is 4. The molecule has 3 nitrogen and oxygen atoms in total. The molecule has 21 heavy (non-hydrogen) atoms. The van der Waals surface area contributed by atoms with E-state index in [1.54, 1.807) is 11.3 Å². The summed E-state index contributed by atoms with van der Waals surface area (Å²) in [5, 5.41) is 16.1. The fourth-order valence-corrected chi connectivity index (χ4v) is 4.64. The van der Waals surface area contributed by atoms with Crippen molar-refractivity contribution in [1.29, 1.82) is 0 Å². The van der Waals surface area contributed by atoms with Crippen LogP contribution in [0.4, 0.5) is 0 Å². The molecule has 0 unspecified atom stereocenters. The van der Waals surface area contributed by atoms with Gasteiger partial charge in [0.25, 0.3) is 0 Å². The van der Waals surface area contributed by atoms with Crippen LogP contribution in [-0.4, -0.2) is 33.3 Å². The molecule has 1 aliphatic heterocycles. The van der Waals surface area contributed by atoms with Crippen LogP contribution in [0, 0.1) is 0 Å². The lowest BCUT2D eigenvalue weighted by molar-refractivity contribution is 0.0319. The molecule has 0 bridgehead atoms. The minimum atomic E-state index is -0.504. The van der Waals surface area contributed by atoms with Gasteiger partial charge in [0, 0.05) is 29.9 Å². The second kappa shape index (κ2) is 7.01. The van der Waals surface area contributed by atoms with E-state index in [1.165, 1.54) is 10.6 Å². The van der Waals surface area contributed by atoms with Crippen LogP contribution in [0.3, 0.4) is 0 Å². The molecule has 0 atom stereocenters. The monoisotopic (exact) mass is 322 g/mol. The van der Waals surface area contributed by atoms with Crippen LogP contribution >= 0.6 is 23.1 Å². The Kier molecular flexibility index (Phi) is 5.06. The highest BCUT2D eigenvalue weighted by Gasteiger charge is 2.28. The summed E-state index contributed by atoms with van der Waals surface area (Å²) in [7, 11) is 0. The molecule has 1 fully saturated rings. The first-order valence-electron chi connectivity index (χ1n) is 7.42. The lowest BCUT2D eigenvalue weighted by Crippen LogP contribution is -2.43. The summed E-state index contributed by atoms with van der Waals surface area (Å²) in [6.45, 7) is 2.44. The maximum atomic E-state index is 10.5. The van der Waals surface area contributed by atoms with E-state index in [1.807, 2.05) is 11.8 Å². The zero-order valence-corrected chi connectivity index (χ0v) is 13.8. The van der Waals surface area contributed by atoms with E-state index in [-0.39, 0.29) is 0 Å². The highest BCUT2D eigenvalue weighted by Crippen LogP contribution is 2.26. The Hall–Kier alpha value is -0.750. The van der Waals surface area contributed by atoms with Gasteiger partial charge in [-0.15, -0.1) is 11.3 Å². The van der Waals surface area contributed by atoms with Crippen LogP contribution in [0.15, 0.2) is 35.8 Å². The van der Waals surface area contributed by atoms with E-state index in [2.05, 4.69) is 45.7 Å². The Morgan fingerprint density at radius 1 is 1.24 bits per heavy atom. The smallest absolute Gasteiger partial charge is 0.0787 e. The number of rotatable bonds is 6. The van der Waals surface area contributed by atoms with E-state index in [9.17, 15) is 5.11 Å². The highest BCUT2D eigenvalue weighted by molar-refractivity contribution is 7.99. The minimum Gasteiger partial charge on any atom is -0.389 e. The first-order valence-corrected chi connectivity index (χ1v) is 9.46. The maximum absolute atomic E-state index is 10.5. The van der Waals surface area contributed by atoms with Gasteiger partial charge < -0.3 is 15.0 Å². The largest absolute Gasteiger partial charge is 0.389 e. The molecule has 0 aromatic carbocycles. The number of aliphatic hydroxyl groups is 1. The van der Waals surface area contributed by atoms with Gasteiger partial charge in [0.15, 0.2) is 0 Å². The summed E-state index contributed by atoms with van der Waals surface area (Å²) in [4.78, 5) is 1.37. The summed E-state index contributed by atoms with van der Waals surface area (Å²) >= 11 is 3.73. The molecule has 1 saturated heterocycles. The van der Waals surface area contributed by atoms with Crippen molar-refractivity contribution in [2.45, 2.75) is 31.5 Å². The third-order valence-electron chi connectivity index (χ3n) is 4.01. The fraction of sp³-hybridized carbons (Fsp3) is 0.500.